The van der Waals surface area contributed by atoms with Crippen LogP contribution in [0.1, 0.15) is 40.5 Å². The molecule has 5 nitrogen and oxygen atoms in total. The highest BCUT2D eigenvalue weighted by atomic mass is 16.5. The zero-order valence-electron chi connectivity index (χ0n) is 15.0. The van der Waals surface area contributed by atoms with Gasteiger partial charge in [0.15, 0.2) is 0 Å². The topological polar surface area (TPSA) is 44.8 Å². The van der Waals surface area contributed by atoms with Crippen LogP contribution in [0.3, 0.4) is 0 Å². The molecule has 1 N–H and O–H groups in total. The molecule has 0 aliphatic carbocycles. The molecular weight excluding hydrogens is 266 g/mol. The number of ether oxygens (including phenoxy) is 1. The highest BCUT2D eigenvalue weighted by Gasteiger charge is 2.32. The number of likely N-dealkylation sites (N-methyl/N-ethyl adjacent to an activating group) is 3. The number of hydrogen-bond acceptors (Lipinski definition) is 5. The molecule has 2 unspecified atom stereocenters. The monoisotopic (exact) mass is 301 g/mol. The van der Waals surface area contributed by atoms with E-state index in [-0.39, 0.29) is 5.97 Å². The summed E-state index contributed by atoms with van der Waals surface area (Å²) in [6.07, 6.45) is 1.76. The van der Waals surface area contributed by atoms with Gasteiger partial charge in [-0.25, -0.2) is 0 Å². The Morgan fingerprint density at radius 3 is 2.38 bits per heavy atom. The average molecular weight is 301 g/mol. The summed E-state index contributed by atoms with van der Waals surface area (Å²) < 4.78 is 5.16. The smallest absolute Gasteiger partial charge is 0.326 e. The first-order valence-electron chi connectivity index (χ1n) is 8.05. The normalized spacial score (nSPS) is 16.0. The van der Waals surface area contributed by atoms with Gasteiger partial charge in [0.1, 0.15) is 5.54 Å². The Kier molecular flexibility index (Phi) is 9.83. The number of nitrogens with one attached hydrogen (secondary N) is 1. The van der Waals surface area contributed by atoms with Crippen LogP contribution in [-0.4, -0.2) is 74.7 Å². The quantitative estimate of drug-likeness (QED) is 0.587. The van der Waals surface area contributed by atoms with Crippen molar-refractivity contribution in [1.82, 2.24) is 15.1 Å². The molecule has 0 spiro atoms. The Balaban J connectivity index is 4.38. The molecule has 21 heavy (non-hydrogen) atoms. The molecule has 0 aromatic carbocycles. The standard InChI is InChI=1S/C16H35N3O2/c1-8-19(14(3)13-18(6)7)12-10-11-16(4,17-5)15(20)21-9-2/h14,17H,8-13H2,1-7H3. The molecule has 0 fully saturated rings. The van der Waals surface area contributed by atoms with Gasteiger partial charge in [-0.2, -0.15) is 0 Å². The van der Waals surface area contributed by atoms with E-state index in [0.29, 0.717) is 12.6 Å². The van der Waals surface area contributed by atoms with Gasteiger partial charge in [0.25, 0.3) is 0 Å². The van der Waals surface area contributed by atoms with E-state index >= 15 is 0 Å². The maximum absolute atomic E-state index is 12.0. The third-order valence-corrected chi connectivity index (χ3v) is 4.06. The molecule has 0 aromatic heterocycles. The summed E-state index contributed by atoms with van der Waals surface area (Å²) in [5.41, 5.74) is -0.583. The van der Waals surface area contributed by atoms with Crippen molar-refractivity contribution >= 4 is 5.97 Å². The van der Waals surface area contributed by atoms with Gasteiger partial charge in [0.2, 0.25) is 0 Å². The van der Waals surface area contributed by atoms with Crippen LogP contribution in [0.25, 0.3) is 0 Å². The lowest BCUT2D eigenvalue weighted by atomic mass is 9.96. The van der Waals surface area contributed by atoms with Gasteiger partial charge in [0.05, 0.1) is 6.61 Å². The second kappa shape index (κ2) is 10.1. The first kappa shape index (κ1) is 20.3. The van der Waals surface area contributed by atoms with Gasteiger partial charge < -0.3 is 15.0 Å². The first-order chi connectivity index (χ1) is 9.80. The summed E-state index contributed by atoms with van der Waals surface area (Å²) in [7, 11) is 6.02. The van der Waals surface area contributed by atoms with Crippen LogP contribution in [0.4, 0.5) is 0 Å². The van der Waals surface area contributed by atoms with Crippen LogP contribution >= 0.6 is 0 Å². The van der Waals surface area contributed by atoms with Crippen LogP contribution < -0.4 is 5.32 Å². The third kappa shape index (κ3) is 7.25. The van der Waals surface area contributed by atoms with E-state index in [4.69, 9.17) is 4.74 Å². The molecule has 5 heteroatoms. The summed E-state index contributed by atoms with van der Waals surface area (Å²) in [5, 5.41) is 3.11. The number of carbonyl (C=O) groups excluding carboxylic acids is 1. The Labute approximate surface area is 131 Å². The van der Waals surface area contributed by atoms with Crippen molar-refractivity contribution in [1.29, 1.82) is 0 Å². The summed E-state index contributed by atoms with van der Waals surface area (Å²) in [6.45, 7) is 11.7. The van der Waals surface area contributed by atoms with Crippen LogP contribution in [-0.2, 0) is 9.53 Å². The van der Waals surface area contributed by atoms with E-state index in [0.717, 1.165) is 32.5 Å². The van der Waals surface area contributed by atoms with Gasteiger partial charge in [-0.3, -0.25) is 9.69 Å². The second-order valence-corrected chi connectivity index (χ2v) is 6.15. The fourth-order valence-electron chi connectivity index (χ4n) is 2.59. The molecule has 0 aliphatic heterocycles. The van der Waals surface area contributed by atoms with E-state index in [1.165, 1.54) is 0 Å². The van der Waals surface area contributed by atoms with Crippen LogP contribution in [0.15, 0.2) is 0 Å². The number of hydrogen-bond donors (Lipinski definition) is 1. The zero-order chi connectivity index (χ0) is 16.5. The SMILES string of the molecule is CCOC(=O)C(C)(CCCN(CC)C(C)CN(C)C)NC. The summed E-state index contributed by atoms with van der Waals surface area (Å²) >= 11 is 0. The minimum Gasteiger partial charge on any atom is -0.465 e. The van der Waals surface area contributed by atoms with Crippen molar-refractivity contribution < 1.29 is 9.53 Å². The lowest BCUT2D eigenvalue weighted by molar-refractivity contribution is -0.150. The highest BCUT2D eigenvalue weighted by Crippen LogP contribution is 2.15. The lowest BCUT2D eigenvalue weighted by Gasteiger charge is -2.32. The van der Waals surface area contributed by atoms with Gasteiger partial charge in [-0.1, -0.05) is 6.92 Å². The van der Waals surface area contributed by atoms with Crippen LogP contribution in [0.5, 0.6) is 0 Å². The summed E-state index contributed by atoms with van der Waals surface area (Å²) in [4.78, 5) is 16.7. The van der Waals surface area contributed by atoms with E-state index in [2.05, 4.69) is 43.1 Å². The number of rotatable bonds is 11. The average Bonchev–Trinajstić information content (AvgIpc) is 2.42. The maximum Gasteiger partial charge on any atom is 0.326 e. The van der Waals surface area contributed by atoms with Crippen molar-refractivity contribution in [3.8, 4) is 0 Å². The molecule has 0 rings (SSSR count). The predicted molar refractivity (Wildman–Crippen MR) is 88.6 cm³/mol. The van der Waals surface area contributed by atoms with Gasteiger partial charge >= 0.3 is 5.97 Å². The van der Waals surface area contributed by atoms with Gasteiger partial charge in [0, 0.05) is 12.6 Å². The number of carbonyl (C=O) groups is 1. The fourth-order valence-corrected chi connectivity index (χ4v) is 2.59. The largest absolute Gasteiger partial charge is 0.465 e. The van der Waals surface area contributed by atoms with Crippen molar-refractivity contribution in [3.63, 3.8) is 0 Å². The van der Waals surface area contributed by atoms with Gasteiger partial charge in [-0.05, 0) is 67.8 Å². The first-order valence-corrected chi connectivity index (χ1v) is 8.05. The van der Waals surface area contributed by atoms with Crippen LogP contribution in [0.2, 0.25) is 0 Å². The summed E-state index contributed by atoms with van der Waals surface area (Å²) in [6, 6.07) is 0.522. The van der Waals surface area contributed by atoms with Gasteiger partial charge in [-0.15, -0.1) is 0 Å². The van der Waals surface area contributed by atoms with E-state index in [1.807, 2.05) is 20.9 Å². The Bertz CT molecular complexity index is 297. The Morgan fingerprint density at radius 1 is 1.33 bits per heavy atom. The molecule has 0 amide bonds. The Hall–Kier alpha value is -0.650. The zero-order valence-corrected chi connectivity index (χ0v) is 15.0. The highest BCUT2D eigenvalue weighted by molar-refractivity contribution is 5.80. The van der Waals surface area contributed by atoms with Crippen LogP contribution in [0, 0.1) is 0 Å². The van der Waals surface area contributed by atoms with Crippen molar-refractivity contribution in [3.05, 3.63) is 0 Å². The molecule has 0 bridgehead atoms. The van der Waals surface area contributed by atoms with Crippen molar-refractivity contribution in [2.45, 2.75) is 52.1 Å². The van der Waals surface area contributed by atoms with E-state index in [9.17, 15) is 4.79 Å². The molecule has 0 aliphatic rings. The summed E-state index contributed by atoms with van der Waals surface area (Å²) in [5.74, 6) is -0.156. The number of esters is 1. The third-order valence-electron chi connectivity index (χ3n) is 4.06. The molecular formula is C16H35N3O2. The lowest BCUT2D eigenvalue weighted by Crippen LogP contribution is -2.49. The minimum atomic E-state index is -0.583. The minimum absolute atomic E-state index is 0.156. The molecule has 2 atom stereocenters. The molecule has 126 valence electrons. The fraction of sp³-hybridized carbons (Fsp3) is 0.938. The van der Waals surface area contributed by atoms with E-state index in [1.54, 1.807) is 0 Å². The second-order valence-electron chi connectivity index (χ2n) is 6.15. The van der Waals surface area contributed by atoms with E-state index < -0.39 is 5.54 Å². The molecule has 0 radical (unpaired) electrons. The molecule has 0 aromatic rings. The molecule has 0 saturated carbocycles. The predicted octanol–water partition coefficient (Wildman–Crippen LogP) is 1.58. The van der Waals surface area contributed by atoms with Crippen molar-refractivity contribution in [2.24, 2.45) is 0 Å². The Morgan fingerprint density at radius 2 is 1.95 bits per heavy atom. The maximum atomic E-state index is 12.0. The molecule has 0 saturated heterocycles. The number of nitrogens with zero attached hydrogens (tertiary/aromatic N) is 2. The van der Waals surface area contributed by atoms with Crippen molar-refractivity contribution in [2.75, 3.05) is 47.4 Å². The molecule has 0 heterocycles.